The van der Waals surface area contributed by atoms with Gasteiger partial charge in [0.25, 0.3) is 0 Å². The molecule has 0 bridgehead atoms. The molecule has 0 aromatic heterocycles. The zero-order valence-corrected chi connectivity index (χ0v) is 19.5. The summed E-state index contributed by atoms with van der Waals surface area (Å²) in [6, 6.07) is 12.8. The molecule has 0 N–H and O–H groups in total. The number of carbonyl (C=O) groups excluding carboxylic acids is 2. The molecule has 1 aliphatic carbocycles. The number of hydrogen-bond donors (Lipinski definition) is 0. The largest absolute Gasteiger partial charge is 0.494 e. The lowest BCUT2D eigenvalue weighted by Crippen LogP contribution is -2.40. The van der Waals surface area contributed by atoms with Crippen molar-refractivity contribution in [1.82, 2.24) is 0 Å². The highest BCUT2D eigenvalue weighted by atomic mass is 127. The van der Waals surface area contributed by atoms with Gasteiger partial charge in [0.2, 0.25) is 0 Å². The first-order valence-corrected chi connectivity index (χ1v) is 11.2. The van der Waals surface area contributed by atoms with E-state index in [0.717, 1.165) is 5.56 Å². The number of alkyl halides is 2. The zero-order chi connectivity index (χ0) is 20.4. The van der Waals surface area contributed by atoms with Crippen LogP contribution in [0.1, 0.15) is 28.4 Å². The van der Waals surface area contributed by atoms with Crippen LogP contribution >= 0.6 is 45.2 Å². The third-order valence-corrected chi connectivity index (χ3v) is 6.88. The number of ether oxygens (including phenoxy) is 3. The van der Waals surface area contributed by atoms with E-state index in [1.54, 1.807) is 12.1 Å². The van der Waals surface area contributed by atoms with Gasteiger partial charge in [0.05, 0.1) is 12.2 Å². The number of benzene rings is 2. The molecule has 2 heterocycles. The van der Waals surface area contributed by atoms with Crippen LogP contribution in [-0.4, -0.2) is 19.8 Å². The molecule has 0 radical (unpaired) electrons. The molecule has 0 saturated heterocycles. The van der Waals surface area contributed by atoms with Gasteiger partial charge in [-0.15, -0.1) is 0 Å². The molecule has 2 aliphatic heterocycles. The SMILES string of the molecule is CCOc1ccc2c(c1)OC1=CC(=O)C(I)(I)C=C1C21OC(=O)c2ccccc21. The zero-order valence-electron chi connectivity index (χ0n) is 15.2. The summed E-state index contributed by atoms with van der Waals surface area (Å²) in [6.07, 6.45) is 3.32. The minimum Gasteiger partial charge on any atom is -0.494 e. The molecule has 5 rings (SSSR count). The molecule has 0 saturated carbocycles. The molecule has 3 aliphatic rings. The van der Waals surface area contributed by atoms with E-state index in [2.05, 4.69) is 45.2 Å². The van der Waals surface area contributed by atoms with E-state index >= 15 is 0 Å². The number of rotatable bonds is 2. The van der Waals surface area contributed by atoms with Crippen LogP contribution in [0.2, 0.25) is 0 Å². The Kier molecular flexibility index (Phi) is 4.32. The molecular formula is C22H14I2O5. The van der Waals surface area contributed by atoms with E-state index < -0.39 is 13.0 Å². The summed E-state index contributed by atoms with van der Waals surface area (Å²) in [6.45, 7) is 2.42. The molecule has 7 heteroatoms. The maximum atomic E-state index is 12.8. The van der Waals surface area contributed by atoms with Gasteiger partial charge in [-0.1, -0.05) is 63.4 Å². The Morgan fingerprint density at radius 1 is 1.07 bits per heavy atom. The van der Waals surface area contributed by atoms with Crippen LogP contribution in [0.15, 0.2) is 65.9 Å². The summed E-state index contributed by atoms with van der Waals surface area (Å²) in [5.41, 5.74) is 1.46. The van der Waals surface area contributed by atoms with Gasteiger partial charge in [-0.3, -0.25) is 4.79 Å². The van der Waals surface area contributed by atoms with Crippen LogP contribution in [0.4, 0.5) is 0 Å². The summed E-state index contributed by atoms with van der Waals surface area (Å²) in [5, 5.41) is 0. The molecule has 0 amide bonds. The molecular weight excluding hydrogens is 598 g/mol. The highest BCUT2D eigenvalue weighted by Gasteiger charge is 2.57. The molecule has 5 nitrogen and oxygen atoms in total. The van der Waals surface area contributed by atoms with Gasteiger partial charge in [-0.05, 0) is 31.2 Å². The van der Waals surface area contributed by atoms with Gasteiger partial charge in [-0.2, -0.15) is 0 Å². The number of ketones is 1. The Labute approximate surface area is 194 Å². The third-order valence-electron chi connectivity index (χ3n) is 5.20. The minimum atomic E-state index is -1.17. The van der Waals surface area contributed by atoms with Crippen LogP contribution in [0.5, 0.6) is 11.5 Å². The van der Waals surface area contributed by atoms with Crippen LogP contribution < -0.4 is 9.47 Å². The van der Waals surface area contributed by atoms with Gasteiger partial charge in [0.1, 0.15) is 17.3 Å². The predicted octanol–water partition coefficient (Wildman–Crippen LogP) is 4.85. The highest BCUT2D eigenvalue weighted by Crippen LogP contribution is 2.57. The average Bonchev–Trinajstić information content (AvgIpc) is 2.98. The lowest BCUT2D eigenvalue weighted by molar-refractivity contribution is -0.113. The predicted molar refractivity (Wildman–Crippen MR) is 123 cm³/mol. The molecule has 1 spiro atoms. The van der Waals surface area contributed by atoms with Crippen molar-refractivity contribution in [2.75, 3.05) is 6.61 Å². The van der Waals surface area contributed by atoms with Gasteiger partial charge < -0.3 is 14.2 Å². The summed E-state index contributed by atoms with van der Waals surface area (Å²) in [7, 11) is 0. The van der Waals surface area contributed by atoms with Crippen molar-refractivity contribution in [2.24, 2.45) is 0 Å². The number of halogens is 2. The fourth-order valence-corrected chi connectivity index (χ4v) is 4.93. The quantitative estimate of drug-likeness (QED) is 0.276. The van der Waals surface area contributed by atoms with Gasteiger partial charge in [-0.25, -0.2) is 4.79 Å². The summed E-state index contributed by atoms with van der Waals surface area (Å²) in [4.78, 5) is 25.4. The first-order valence-electron chi connectivity index (χ1n) is 9.02. The lowest BCUT2D eigenvalue weighted by atomic mass is 9.75. The number of allylic oxidation sites excluding steroid dienone is 2. The van der Waals surface area contributed by atoms with E-state index in [0.29, 0.717) is 40.6 Å². The Morgan fingerprint density at radius 3 is 2.66 bits per heavy atom. The number of carbonyl (C=O) groups is 2. The molecule has 146 valence electrons. The number of fused-ring (bicyclic) bond motifs is 6. The summed E-state index contributed by atoms with van der Waals surface area (Å²) >= 11 is 4.19. The van der Waals surface area contributed by atoms with E-state index in [4.69, 9.17) is 14.2 Å². The van der Waals surface area contributed by atoms with Gasteiger partial charge >= 0.3 is 5.97 Å². The van der Waals surface area contributed by atoms with Crippen molar-refractivity contribution in [3.63, 3.8) is 0 Å². The molecule has 29 heavy (non-hydrogen) atoms. The summed E-state index contributed by atoms with van der Waals surface area (Å²) < 4.78 is 17.0. The van der Waals surface area contributed by atoms with Gasteiger partial charge in [0.15, 0.2) is 12.8 Å². The monoisotopic (exact) mass is 612 g/mol. The normalized spacial score (nSPS) is 23.3. The lowest BCUT2D eigenvalue weighted by Gasteiger charge is -2.40. The fourth-order valence-electron chi connectivity index (χ4n) is 3.99. The van der Waals surface area contributed by atoms with Crippen molar-refractivity contribution >= 4 is 56.9 Å². The topological polar surface area (TPSA) is 61.8 Å². The third kappa shape index (κ3) is 2.69. The Balaban J connectivity index is 1.84. The van der Waals surface area contributed by atoms with Crippen LogP contribution in [0, 0.1) is 0 Å². The highest BCUT2D eigenvalue weighted by molar-refractivity contribution is 14.2. The second kappa shape index (κ2) is 6.56. The van der Waals surface area contributed by atoms with Crippen LogP contribution in [-0.2, 0) is 15.1 Å². The maximum absolute atomic E-state index is 12.8. The molecule has 2 aromatic rings. The molecule has 0 fully saturated rings. The smallest absolute Gasteiger partial charge is 0.340 e. The fraction of sp³-hybridized carbons (Fsp3) is 0.182. The van der Waals surface area contributed by atoms with Crippen molar-refractivity contribution < 1.29 is 23.8 Å². The number of hydrogen-bond acceptors (Lipinski definition) is 5. The van der Waals surface area contributed by atoms with E-state index in [1.165, 1.54) is 6.08 Å². The van der Waals surface area contributed by atoms with Crippen molar-refractivity contribution in [2.45, 2.75) is 14.0 Å². The average molecular weight is 612 g/mol. The van der Waals surface area contributed by atoms with E-state index in [9.17, 15) is 9.59 Å². The van der Waals surface area contributed by atoms with Crippen LogP contribution in [0.3, 0.4) is 0 Å². The summed E-state index contributed by atoms with van der Waals surface area (Å²) in [5.74, 6) is 1.06. The Bertz CT molecular complexity index is 1150. The van der Waals surface area contributed by atoms with Crippen molar-refractivity contribution in [3.05, 3.63) is 82.6 Å². The second-order valence-corrected chi connectivity index (χ2v) is 12.3. The molecule has 1 unspecified atom stereocenters. The Hall–Kier alpha value is -1.88. The first-order chi connectivity index (χ1) is 13.9. The van der Waals surface area contributed by atoms with Crippen molar-refractivity contribution in [1.29, 1.82) is 0 Å². The maximum Gasteiger partial charge on any atom is 0.340 e. The number of esters is 1. The first kappa shape index (κ1) is 19.1. The minimum absolute atomic E-state index is 0.0883. The van der Waals surface area contributed by atoms with E-state index in [1.807, 2.05) is 43.3 Å². The second-order valence-electron chi connectivity index (χ2n) is 6.86. The molecule has 1 atom stereocenters. The van der Waals surface area contributed by atoms with Crippen LogP contribution in [0.25, 0.3) is 0 Å². The standard InChI is InChI=1S/C22H14I2O5/c1-2-27-12-7-8-15-17(9-12)28-18-10-19(25)21(23,24)11-16(18)22(15)14-6-4-3-5-13(14)20(26)29-22/h3-11H,2H2,1H3. The van der Waals surface area contributed by atoms with Crippen molar-refractivity contribution in [3.8, 4) is 11.5 Å². The van der Waals surface area contributed by atoms with Gasteiger partial charge in [0, 0.05) is 28.8 Å². The molecule has 2 aromatic carbocycles. The van der Waals surface area contributed by atoms with E-state index in [-0.39, 0.29) is 5.78 Å². The Morgan fingerprint density at radius 2 is 1.86 bits per heavy atom.